The van der Waals surface area contributed by atoms with Crippen molar-refractivity contribution in [1.29, 1.82) is 0 Å². The average molecular weight is 382 g/mol. The molecule has 0 atom stereocenters. The third-order valence-corrected chi connectivity index (χ3v) is 4.42. The second-order valence-electron chi connectivity index (χ2n) is 5.73. The SMILES string of the molecule is Brc1ccccc1Nc1cc(-c2cccnc2)nc(NC2CC2)n1. The fourth-order valence-electron chi connectivity index (χ4n) is 2.35. The molecule has 0 amide bonds. The molecule has 3 aromatic rings. The largest absolute Gasteiger partial charge is 0.351 e. The molecule has 1 saturated carbocycles. The zero-order valence-corrected chi connectivity index (χ0v) is 14.5. The van der Waals surface area contributed by atoms with Crippen LogP contribution in [0.1, 0.15) is 12.8 Å². The van der Waals surface area contributed by atoms with Gasteiger partial charge in [0, 0.05) is 34.5 Å². The minimum Gasteiger partial charge on any atom is -0.351 e. The second kappa shape index (κ2) is 6.57. The van der Waals surface area contributed by atoms with Gasteiger partial charge in [0.1, 0.15) is 5.82 Å². The standard InChI is InChI=1S/C18H16BrN5/c19-14-5-1-2-6-15(14)22-17-10-16(12-4-3-9-20-11-12)23-18(24-17)21-13-7-8-13/h1-6,9-11,13H,7-8H2,(H2,21,22,23,24). The first-order chi connectivity index (χ1) is 11.8. The van der Waals surface area contributed by atoms with Crippen LogP contribution >= 0.6 is 15.9 Å². The number of hydrogen-bond acceptors (Lipinski definition) is 5. The van der Waals surface area contributed by atoms with Gasteiger partial charge in [0.2, 0.25) is 5.95 Å². The zero-order chi connectivity index (χ0) is 16.4. The lowest BCUT2D eigenvalue weighted by Gasteiger charge is -2.12. The van der Waals surface area contributed by atoms with Crippen LogP contribution in [0.3, 0.4) is 0 Å². The van der Waals surface area contributed by atoms with Crippen LogP contribution in [0.25, 0.3) is 11.3 Å². The number of para-hydroxylation sites is 1. The zero-order valence-electron chi connectivity index (χ0n) is 12.9. The molecule has 0 radical (unpaired) electrons. The lowest BCUT2D eigenvalue weighted by Crippen LogP contribution is -2.07. The molecule has 120 valence electrons. The van der Waals surface area contributed by atoms with Crippen LogP contribution in [0.15, 0.2) is 59.3 Å². The van der Waals surface area contributed by atoms with Crippen molar-refractivity contribution < 1.29 is 0 Å². The normalized spacial score (nSPS) is 13.5. The molecule has 2 N–H and O–H groups in total. The predicted molar refractivity (Wildman–Crippen MR) is 99.3 cm³/mol. The summed E-state index contributed by atoms with van der Waals surface area (Å²) in [4.78, 5) is 13.4. The van der Waals surface area contributed by atoms with Gasteiger partial charge in [0.05, 0.1) is 11.4 Å². The number of anilines is 3. The molecule has 0 unspecified atom stereocenters. The summed E-state index contributed by atoms with van der Waals surface area (Å²) in [5.74, 6) is 1.40. The number of rotatable bonds is 5. The number of hydrogen-bond donors (Lipinski definition) is 2. The number of aromatic nitrogens is 3. The minimum atomic E-state index is 0.491. The van der Waals surface area contributed by atoms with E-state index in [0.717, 1.165) is 27.2 Å². The Labute approximate surface area is 148 Å². The number of nitrogens with one attached hydrogen (secondary N) is 2. The summed E-state index contributed by atoms with van der Waals surface area (Å²) in [6.45, 7) is 0. The van der Waals surface area contributed by atoms with E-state index in [1.807, 2.05) is 48.7 Å². The molecular formula is C18H16BrN5. The Balaban J connectivity index is 1.71. The molecule has 2 heterocycles. The lowest BCUT2D eigenvalue weighted by molar-refractivity contribution is 1.06. The van der Waals surface area contributed by atoms with E-state index in [-0.39, 0.29) is 0 Å². The summed E-state index contributed by atoms with van der Waals surface area (Å²) in [6.07, 6.45) is 5.92. The quantitative estimate of drug-likeness (QED) is 0.674. The van der Waals surface area contributed by atoms with Crippen LogP contribution in [0.5, 0.6) is 0 Å². The molecule has 0 saturated heterocycles. The smallest absolute Gasteiger partial charge is 0.225 e. The topological polar surface area (TPSA) is 62.7 Å². The number of halogens is 1. The summed E-state index contributed by atoms with van der Waals surface area (Å²) in [7, 11) is 0. The molecular weight excluding hydrogens is 366 g/mol. The van der Waals surface area contributed by atoms with Crippen molar-refractivity contribution in [3.05, 3.63) is 59.3 Å². The molecule has 6 heteroatoms. The Hall–Kier alpha value is -2.47. The molecule has 0 aliphatic heterocycles. The Kier molecular flexibility index (Phi) is 4.13. The average Bonchev–Trinajstić information content (AvgIpc) is 3.42. The van der Waals surface area contributed by atoms with E-state index in [2.05, 4.69) is 41.5 Å². The van der Waals surface area contributed by atoms with E-state index in [9.17, 15) is 0 Å². The van der Waals surface area contributed by atoms with Crippen molar-refractivity contribution in [3.63, 3.8) is 0 Å². The van der Waals surface area contributed by atoms with E-state index in [1.165, 1.54) is 12.8 Å². The highest BCUT2D eigenvalue weighted by atomic mass is 79.9. The third-order valence-electron chi connectivity index (χ3n) is 3.73. The van der Waals surface area contributed by atoms with Gasteiger partial charge in [-0.15, -0.1) is 0 Å². The van der Waals surface area contributed by atoms with Crippen molar-refractivity contribution in [1.82, 2.24) is 15.0 Å². The van der Waals surface area contributed by atoms with Gasteiger partial charge < -0.3 is 10.6 Å². The van der Waals surface area contributed by atoms with Gasteiger partial charge in [0.15, 0.2) is 0 Å². The Morgan fingerprint density at radius 3 is 2.67 bits per heavy atom. The maximum atomic E-state index is 4.63. The molecule has 4 rings (SSSR count). The van der Waals surface area contributed by atoms with Crippen LogP contribution in [0.4, 0.5) is 17.5 Å². The Bertz CT molecular complexity index is 849. The highest BCUT2D eigenvalue weighted by Crippen LogP contribution is 2.29. The lowest BCUT2D eigenvalue weighted by atomic mass is 10.2. The van der Waals surface area contributed by atoms with E-state index in [1.54, 1.807) is 6.20 Å². The number of pyridine rings is 1. The van der Waals surface area contributed by atoms with Gasteiger partial charge in [-0.3, -0.25) is 4.98 Å². The van der Waals surface area contributed by atoms with Gasteiger partial charge in [-0.05, 0) is 53.0 Å². The van der Waals surface area contributed by atoms with Gasteiger partial charge in [0.25, 0.3) is 0 Å². The van der Waals surface area contributed by atoms with Crippen LogP contribution in [-0.2, 0) is 0 Å². The molecule has 0 bridgehead atoms. The maximum absolute atomic E-state index is 4.63. The molecule has 1 fully saturated rings. The van der Waals surface area contributed by atoms with Crippen LogP contribution in [-0.4, -0.2) is 21.0 Å². The van der Waals surface area contributed by atoms with Crippen LogP contribution in [0.2, 0.25) is 0 Å². The van der Waals surface area contributed by atoms with E-state index in [0.29, 0.717) is 12.0 Å². The van der Waals surface area contributed by atoms with Crippen molar-refractivity contribution in [2.75, 3.05) is 10.6 Å². The van der Waals surface area contributed by atoms with Gasteiger partial charge in [-0.25, -0.2) is 4.98 Å². The van der Waals surface area contributed by atoms with Gasteiger partial charge in [-0.2, -0.15) is 4.98 Å². The van der Waals surface area contributed by atoms with Crippen molar-refractivity contribution >= 4 is 33.4 Å². The van der Waals surface area contributed by atoms with Crippen molar-refractivity contribution in [3.8, 4) is 11.3 Å². The summed E-state index contributed by atoms with van der Waals surface area (Å²) >= 11 is 3.55. The summed E-state index contributed by atoms with van der Waals surface area (Å²) in [5, 5.41) is 6.73. The van der Waals surface area contributed by atoms with Gasteiger partial charge in [-0.1, -0.05) is 12.1 Å². The molecule has 0 spiro atoms. The molecule has 2 aromatic heterocycles. The van der Waals surface area contributed by atoms with Crippen molar-refractivity contribution in [2.45, 2.75) is 18.9 Å². The summed E-state index contributed by atoms with van der Waals surface area (Å²) in [5.41, 5.74) is 2.77. The van der Waals surface area contributed by atoms with E-state index < -0.39 is 0 Å². The highest BCUT2D eigenvalue weighted by Gasteiger charge is 2.22. The number of benzene rings is 1. The third kappa shape index (κ3) is 3.54. The molecule has 24 heavy (non-hydrogen) atoms. The monoisotopic (exact) mass is 381 g/mol. The fraction of sp³-hybridized carbons (Fsp3) is 0.167. The second-order valence-corrected chi connectivity index (χ2v) is 6.58. The first-order valence-corrected chi connectivity index (χ1v) is 8.65. The minimum absolute atomic E-state index is 0.491. The Morgan fingerprint density at radius 1 is 1.04 bits per heavy atom. The number of nitrogens with zero attached hydrogens (tertiary/aromatic N) is 3. The molecule has 5 nitrogen and oxygen atoms in total. The predicted octanol–water partition coefficient (Wildman–Crippen LogP) is 4.62. The van der Waals surface area contributed by atoms with E-state index in [4.69, 9.17) is 0 Å². The fourth-order valence-corrected chi connectivity index (χ4v) is 2.73. The maximum Gasteiger partial charge on any atom is 0.225 e. The first kappa shape index (κ1) is 15.1. The summed E-state index contributed by atoms with van der Waals surface area (Å²) in [6, 6.07) is 14.3. The molecule has 1 aliphatic rings. The summed E-state index contributed by atoms with van der Waals surface area (Å²) < 4.78 is 0.989. The molecule has 1 aliphatic carbocycles. The highest BCUT2D eigenvalue weighted by molar-refractivity contribution is 9.10. The molecule has 1 aromatic carbocycles. The van der Waals surface area contributed by atoms with Crippen LogP contribution in [0, 0.1) is 0 Å². The Morgan fingerprint density at radius 2 is 1.92 bits per heavy atom. The first-order valence-electron chi connectivity index (χ1n) is 7.85. The van der Waals surface area contributed by atoms with Crippen molar-refractivity contribution in [2.24, 2.45) is 0 Å². The van der Waals surface area contributed by atoms with E-state index >= 15 is 0 Å². The van der Waals surface area contributed by atoms with Gasteiger partial charge >= 0.3 is 0 Å². The van der Waals surface area contributed by atoms with Crippen LogP contribution < -0.4 is 10.6 Å².